The number of carbonyl (C=O) groups excluding carboxylic acids is 2. The summed E-state index contributed by atoms with van der Waals surface area (Å²) in [5.74, 6) is 7.91. The van der Waals surface area contributed by atoms with E-state index in [1.165, 1.54) is 42.2 Å². The molecule has 16 bridgehead atoms. The molecule has 5 spiro atoms. The minimum Gasteiger partial charge on any atom is -0.454 e. The largest absolute Gasteiger partial charge is 0.454 e. The molecule has 17 aliphatic rings. The van der Waals surface area contributed by atoms with Crippen LogP contribution in [0.2, 0.25) is 0 Å². The van der Waals surface area contributed by atoms with Crippen LogP contribution in [0.25, 0.3) is 0 Å². The summed E-state index contributed by atoms with van der Waals surface area (Å²) in [6.07, 6.45) is 21.5. The van der Waals surface area contributed by atoms with E-state index >= 15 is 20.1 Å². The fraction of sp³-hybridized carbons (Fsp3) is 0.692. The van der Waals surface area contributed by atoms with Gasteiger partial charge >= 0.3 is 5.97 Å². The van der Waals surface area contributed by atoms with Crippen LogP contribution in [0, 0.1) is 109 Å². The highest BCUT2D eigenvalue weighted by molar-refractivity contribution is 5.87. The number of esters is 1. The van der Waals surface area contributed by atoms with Gasteiger partial charge in [0, 0.05) is 64.0 Å². The first-order chi connectivity index (χ1) is 42.6. The van der Waals surface area contributed by atoms with Gasteiger partial charge in [0.1, 0.15) is 18.0 Å². The number of aldehydes is 1. The average molecular weight is 1190 g/mol. The summed E-state index contributed by atoms with van der Waals surface area (Å²) in [5.41, 5.74) is -3.18. The summed E-state index contributed by atoms with van der Waals surface area (Å²) in [5, 5.41) is 74.2. The zero-order chi connectivity index (χ0) is 59.8. The van der Waals surface area contributed by atoms with Gasteiger partial charge < -0.3 is 45.1 Å². The Labute approximate surface area is 521 Å². The Morgan fingerprint density at radius 2 is 1.57 bits per heavy atom. The van der Waals surface area contributed by atoms with Crippen molar-refractivity contribution in [3.63, 3.8) is 0 Å². The van der Waals surface area contributed by atoms with Crippen molar-refractivity contribution in [1.29, 1.82) is 0 Å². The van der Waals surface area contributed by atoms with Crippen molar-refractivity contribution >= 4 is 12.3 Å². The van der Waals surface area contributed by atoms with E-state index in [2.05, 4.69) is 78.7 Å². The zero-order valence-electron chi connectivity index (χ0n) is 52.2. The average Bonchev–Trinajstić information content (AvgIpc) is 1.18. The third-order valence-corrected chi connectivity index (χ3v) is 32.0. The van der Waals surface area contributed by atoms with Crippen molar-refractivity contribution in [2.24, 2.45) is 97.6 Å². The van der Waals surface area contributed by atoms with E-state index in [0.29, 0.717) is 81.0 Å². The summed E-state index contributed by atoms with van der Waals surface area (Å²) < 4.78 is 15.2. The third-order valence-electron chi connectivity index (χ3n) is 32.0. The molecule has 10 saturated carbocycles. The maximum absolute atomic E-state index is 16.4. The van der Waals surface area contributed by atoms with E-state index in [4.69, 9.17) is 9.47 Å². The highest BCUT2D eigenvalue weighted by Gasteiger charge is 2.93. The summed E-state index contributed by atoms with van der Waals surface area (Å²) in [7, 11) is 1.95. The smallest absolute Gasteiger partial charge is 0.331 e. The van der Waals surface area contributed by atoms with E-state index in [-0.39, 0.29) is 73.2 Å². The first kappa shape index (κ1) is 56.6. The molecule has 25 atom stereocenters. The molecule has 6 N–H and O–H groups in total. The molecule has 0 amide bonds. The van der Waals surface area contributed by atoms with Gasteiger partial charge in [0.25, 0.3) is 0 Å². The number of carbonyl (C=O) groups is 2. The van der Waals surface area contributed by atoms with Crippen LogP contribution in [-0.4, -0.2) is 92.1 Å². The molecule has 2 saturated heterocycles. The molecule has 12 fully saturated rings. The molecule has 0 radical (unpaired) electrons. The summed E-state index contributed by atoms with van der Waals surface area (Å²) in [4.78, 5) is 30.6. The Balaban J connectivity index is 0.858. The maximum Gasteiger partial charge on any atom is 0.331 e. The van der Waals surface area contributed by atoms with Gasteiger partial charge in [0.05, 0.1) is 41.5 Å². The van der Waals surface area contributed by atoms with E-state index in [0.717, 1.165) is 99.3 Å². The number of likely N-dealkylation sites (N-methyl/N-ethyl adjacent to an activating group) is 1. The normalized spacial score (nSPS) is 51.8. The first-order valence-corrected chi connectivity index (χ1v) is 35.5. The van der Waals surface area contributed by atoms with Crippen molar-refractivity contribution in [2.75, 3.05) is 13.7 Å². The van der Waals surface area contributed by atoms with E-state index < -0.39 is 73.4 Å². The van der Waals surface area contributed by atoms with Crippen LogP contribution in [0.1, 0.15) is 187 Å². The standard InChI is InChI=1S/C78H95NO9/c1-46-52-18-17-48(32-52)30-47-10-8-11-49(31-47)39-72-29-28-70-25-19-53(46)33-58-40-76(84)65(71(44-81,78(58,70)86)43-74(68(70)88-72)62-36-56-34-54(50-12-4-3-5-13-50)20-24-69(56,74)26-21-61(62)72)22-27-73-23-7-6-14-51-15-9-16-55(42-80)59(51)37-64(79-2)60-35-57(41-77(73,76)85)75(73,45-82)63-38-66(83)87-67(60)63/h3-5,8-13,15-16,31,38,44,46,48,52-54,56-58,60-62,64-65,67-68,79-80,82,84-86H,7,17-30,32-37,39-43,45H2,1-2H3/t46-,48-,52+,53+,54+,56-,57+,58-,60+,61-,62+,64-,65+,67-,68+,69+,70-,71-,72+,73+,74+,75+,76-,77+,78-/m0/s1. The van der Waals surface area contributed by atoms with Crippen LogP contribution in [0.15, 0.2) is 84.4 Å². The Hall–Kier alpha value is -4.18. The maximum atomic E-state index is 16.4. The van der Waals surface area contributed by atoms with Crippen molar-refractivity contribution < 1.29 is 44.6 Å². The second-order valence-corrected chi connectivity index (χ2v) is 33.4. The quantitative estimate of drug-likeness (QED) is 0.0823. The predicted octanol–water partition coefficient (Wildman–Crippen LogP) is 11.1. The van der Waals surface area contributed by atoms with Crippen LogP contribution in [0.3, 0.4) is 0 Å². The van der Waals surface area contributed by atoms with Gasteiger partial charge in [0.15, 0.2) is 0 Å². The van der Waals surface area contributed by atoms with E-state index in [1.54, 1.807) is 6.08 Å². The number of rotatable bonds is 5. The molecular formula is C78H95NO9. The number of nitrogens with one attached hydrogen (secondary N) is 1. The number of ether oxygens (including phenoxy) is 2. The molecule has 3 aromatic rings. The lowest BCUT2D eigenvalue weighted by atomic mass is 9.25. The first-order valence-electron chi connectivity index (χ1n) is 35.5. The number of hydrogen-bond acceptors (Lipinski definition) is 10. The second-order valence-electron chi connectivity index (χ2n) is 33.4. The van der Waals surface area contributed by atoms with Gasteiger partial charge in [-0.05, 0) is 259 Å². The van der Waals surface area contributed by atoms with E-state index in [9.17, 15) is 15.0 Å². The minimum absolute atomic E-state index is 0.129. The fourth-order valence-electron chi connectivity index (χ4n) is 29.0. The Morgan fingerprint density at radius 1 is 0.750 bits per heavy atom. The molecule has 13 aliphatic carbocycles. The van der Waals surface area contributed by atoms with Crippen LogP contribution in [0.4, 0.5) is 0 Å². The fourth-order valence-corrected chi connectivity index (χ4v) is 29.0. The highest BCUT2D eigenvalue weighted by atomic mass is 16.5. The number of benzene rings is 3. The number of aliphatic hydroxyl groups excluding tert-OH is 2. The monoisotopic (exact) mass is 1190 g/mol. The molecular weight excluding hydrogens is 1090 g/mol. The predicted molar refractivity (Wildman–Crippen MR) is 333 cm³/mol. The van der Waals surface area contributed by atoms with Gasteiger partial charge in [-0.15, -0.1) is 0 Å². The topological polar surface area (TPSA) is 166 Å². The lowest BCUT2D eigenvalue weighted by Gasteiger charge is -2.83. The van der Waals surface area contributed by atoms with Crippen LogP contribution in [0.5, 0.6) is 0 Å². The molecule has 4 aliphatic heterocycles. The zero-order valence-corrected chi connectivity index (χ0v) is 52.2. The summed E-state index contributed by atoms with van der Waals surface area (Å²) in [6.45, 7) is 2.05. The molecule has 466 valence electrons. The molecule has 0 unspecified atom stereocenters. The van der Waals surface area contributed by atoms with Crippen molar-refractivity contribution in [3.8, 4) is 11.8 Å². The van der Waals surface area contributed by atoms with Crippen molar-refractivity contribution in [1.82, 2.24) is 5.32 Å². The van der Waals surface area contributed by atoms with Crippen LogP contribution in [-0.2, 0) is 44.9 Å². The van der Waals surface area contributed by atoms with E-state index in [1.807, 2.05) is 25.2 Å². The SMILES string of the molecule is CN[C@H]1Cc2c(cccc2CO)C#CCC[C@]23CC[C@H]4[C@@](O)(C[C@@H]5C[C@H]6CC[C@]78CC[C@]9(Cc%10cccc(c%10)C[C@@H]%10CC[C@H](C%10)[C@@H]6C)O[C@H]7[C@@]6(C[C@@]4(C=O)[C@]58O)[C@@H]4C[C@@H]5C[C@H](c7ccccc7)CC[C@@]56CC[C@@H]49)[C@@]2(O)C[C@H]2C[C@H]1[C@@H]1OC(=O)C=C1[C@@]23CO. The lowest BCUT2D eigenvalue weighted by Crippen LogP contribution is -2.88. The van der Waals surface area contributed by atoms with Gasteiger partial charge in [-0.25, -0.2) is 4.79 Å². The minimum atomic E-state index is -1.87. The van der Waals surface area contributed by atoms with Crippen LogP contribution < -0.4 is 5.32 Å². The molecule has 10 heteroatoms. The molecule has 3 aromatic carbocycles. The number of aliphatic hydroxyl groups is 5. The van der Waals surface area contributed by atoms with Crippen molar-refractivity contribution in [2.45, 2.75) is 221 Å². The Kier molecular flexibility index (Phi) is 12.2. The molecule has 10 nitrogen and oxygen atoms in total. The third kappa shape index (κ3) is 6.54. The highest BCUT2D eigenvalue weighted by Crippen LogP contribution is 2.90. The second kappa shape index (κ2) is 19.0. The van der Waals surface area contributed by atoms with Crippen molar-refractivity contribution in [3.05, 3.63) is 118 Å². The van der Waals surface area contributed by atoms with Gasteiger partial charge in [-0.3, -0.25) is 0 Å². The summed E-state index contributed by atoms with van der Waals surface area (Å²) >= 11 is 0. The Morgan fingerprint density at radius 3 is 2.40 bits per heavy atom. The van der Waals surface area contributed by atoms with Gasteiger partial charge in [-0.1, -0.05) is 85.5 Å². The number of hydrogen-bond donors (Lipinski definition) is 6. The summed E-state index contributed by atoms with van der Waals surface area (Å²) in [6, 6.07) is 26.6. The lowest BCUT2D eigenvalue weighted by molar-refractivity contribution is -0.437. The molecule has 4 heterocycles. The van der Waals surface area contributed by atoms with Gasteiger partial charge in [0.2, 0.25) is 0 Å². The molecule has 88 heavy (non-hydrogen) atoms. The molecule has 20 rings (SSSR count). The number of fused-ring (bicyclic) bond motifs is 7. The van der Waals surface area contributed by atoms with Gasteiger partial charge in [-0.2, -0.15) is 0 Å². The Bertz CT molecular complexity index is 3500. The molecule has 0 aromatic heterocycles. The van der Waals surface area contributed by atoms with Crippen LogP contribution >= 0.6 is 0 Å².